The second-order valence-corrected chi connectivity index (χ2v) is 4.42. The van der Waals surface area contributed by atoms with Crippen molar-refractivity contribution in [3.63, 3.8) is 0 Å². The Morgan fingerprint density at radius 1 is 1.12 bits per heavy atom. The second kappa shape index (κ2) is 7.15. The summed E-state index contributed by atoms with van der Waals surface area (Å²) in [6, 6.07) is 1.58. The lowest BCUT2D eigenvalue weighted by Crippen LogP contribution is -2.09. The first-order valence-corrected chi connectivity index (χ1v) is 6.53. The van der Waals surface area contributed by atoms with E-state index in [9.17, 15) is 9.90 Å². The molecule has 3 heteroatoms. The van der Waals surface area contributed by atoms with Gasteiger partial charge in [-0.25, -0.2) is 4.79 Å². The van der Waals surface area contributed by atoms with Crippen LogP contribution in [-0.2, 0) is 12.8 Å². The highest BCUT2D eigenvalue weighted by Gasteiger charge is 2.10. The fourth-order valence-electron chi connectivity index (χ4n) is 1.88. The molecule has 0 fully saturated rings. The summed E-state index contributed by atoms with van der Waals surface area (Å²) in [6.07, 6.45) is 6.55. The summed E-state index contributed by atoms with van der Waals surface area (Å²) in [4.78, 5) is 11.7. The van der Waals surface area contributed by atoms with Gasteiger partial charge in [0.05, 0.1) is 5.56 Å². The van der Waals surface area contributed by atoms with Gasteiger partial charge in [0.2, 0.25) is 0 Å². The Morgan fingerprint density at radius 3 is 2.47 bits per heavy atom. The van der Waals surface area contributed by atoms with Crippen LogP contribution in [0.2, 0.25) is 0 Å². The van der Waals surface area contributed by atoms with Crippen LogP contribution in [0.15, 0.2) is 15.3 Å². The Labute approximate surface area is 102 Å². The van der Waals surface area contributed by atoms with E-state index in [1.807, 2.05) is 6.92 Å². The van der Waals surface area contributed by atoms with E-state index in [4.69, 9.17) is 4.42 Å². The molecule has 1 aromatic rings. The first kappa shape index (κ1) is 13.8. The number of unbranched alkanes of at least 4 members (excludes halogenated alkanes) is 3. The molecule has 0 radical (unpaired) electrons. The molecule has 0 aliphatic carbocycles. The van der Waals surface area contributed by atoms with Gasteiger partial charge in [-0.2, -0.15) is 0 Å². The molecule has 0 aliphatic rings. The van der Waals surface area contributed by atoms with Crippen LogP contribution in [-0.4, -0.2) is 5.11 Å². The standard InChI is InChI=1S/C14H22O3/c1-3-5-6-7-9-12-13(15)10-11(8-4-2)17-14(12)16/h10,15H,3-9H2,1-2H3. The Morgan fingerprint density at radius 2 is 1.88 bits per heavy atom. The molecule has 0 spiro atoms. The van der Waals surface area contributed by atoms with Crippen molar-refractivity contribution in [3.05, 3.63) is 27.8 Å². The van der Waals surface area contributed by atoms with Gasteiger partial charge in [0.1, 0.15) is 11.5 Å². The van der Waals surface area contributed by atoms with Crippen LogP contribution in [0.1, 0.15) is 57.3 Å². The van der Waals surface area contributed by atoms with Gasteiger partial charge in [-0.3, -0.25) is 0 Å². The zero-order valence-electron chi connectivity index (χ0n) is 10.8. The normalized spacial score (nSPS) is 10.7. The van der Waals surface area contributed by atoms with Crippen LogP contribution < -0.4 is 5.63 Å². The van der Waals surface area contributed by atoms with Crippen LogP contribution in [0.5, 0.6) is 5.75 Å². The predicted molar refractivity (Wildman–Crippen MR) is 68.5 cm³/mol. The zero-order valence-corrected chi connectivity index (χ0v) is 10.8. The van der Waals surface area contributed by atoms with Crippen molar-refractivity contribution in [2.75, 3.05) is 0 Å². The van der Waals surface area contributed by atoms with Crippen molar-refractivity contribution in [1.29, 1.82) is 0 Å². The van der Waals surface area contributed by atoms with Gasteiger partial charge in [0, 0.05) is 12.5 Å². The van der Waals surface area contributed by atoms with Crippen molar-refractivity contribution in [1.82, 2.24) is 0 Å². The Kier molecular flexibility index (Phi) is 5.81. The number of rotatable bonds is 7. The van der Waals surface area contributed by atoms with Gasteiger partial charge in [-0.05, 0) is 19.3 Å². The maximum atomic E-state index is 11.7. The topological polar surface area (TPSA) is 50.4 Å². The highest BCUT2D eigenvalue weighted by atomic mass is 16.4. The van der Waals surface area contributed by atoms with Crippen molar-refractivity contribution in [2.24, 2.45) is 0 Å². The van der Waals surface area contributed by atoms with Gasteiger partial charge in [0.15, 0.2) is 0 Å². The quantitative estimate of drug-likeness (QED) is 0.740. The average Bonchev–Trinajstić information content (AvgIpc) is 2.27. The molecule has 0 saturated heterocycles. The monoisotopic (exact) mass is 238 g/mol. The molecule has 0 amide bonds. The lowest BCUT2D eigenvalue weighted by atomic mass is 10.1. The van der Waals surface area contributed by atoms with Gasteiger partial charge < -0.3 is 9.52 Å². The smallest absolute Gasteiger partial charge is 0.342 e. The first-order chi connectivity index (χ1) is 8.19. The number of aromatic hydroxyl groups is 1. The summed E-state index contributed by atoms with van der Waals surface area (Å²) in [5.41, 5.74) is 0.0610. The Hall–Kier alpha value is -1.25. The van der Waals surface area contributed by atoms with Gasteiger partial charge in [-0.15, -0.1) is 0 Å². The van der Waals surface area contributed by atoms with E-state index in [0.29, 0.717) is 24.2 Å². The largest absolute Gasteiger partial charge is 0.507 e. The molecule has 0 aromatic carbocycles. The third-order valence-electron chi connectivity index (χ3n) is 2.85. The van der Waals surface area contributed by atoms with Crippen molar-refractivity contribution >= 4 is 0 Å². The van der Waals surface area contributed by atoms with E-state index >= 15 is 0 Å². The average molecular weight is 238 g/mol. The van der Waals surface area contributed by atoms with Crippen LogP contribution in [0.4, 0.5) is 0 Å². The highest BCUT2D eigenvalue weighted by molar-refractivity contribution is 5.30. The molecule has 0 atom stereocenters. The predicted octanol–water partition coefficient (Wildman–Crippen LogP) is 3.42. The summed E-state index contributed by atoms with van der Waals surface area (Å²) < 4.78 is 5.17. The van der Waals surface area contributed by atoms with E-state index in [0.717, 1.165) is 25.7 Å². The van der Waals surface area contributed by atoms with Gasteiger partial charge >= 0.3 is 5.63 Å². The molecule has 3 nitrogen and oxygen atoms in total. The lowest BCUT2D eigenvalue weighted by Gasteiger charge is -2.05. The molecule has 0 unspecified atom stereocenters. The van der Waals surface area contributed by atoms with E-state index in [2.05, 4.69) is 6.92 Å². The van der Waals surface area contributed by atoms with Crippen LogP contribution in [0, 0.1) is 0 Å². The molecular formula is C14H22O3. The van der Waals surface area contributed by atoms with Gasteiger partial charge in [0.25, 0.3) is 0 Å². The summed E-state index contributed by atoms with van der Waals surface area (Å²) in [5, 5.41) is 9.80. The zero-order chi connectivity index (χ0) is 12.7. The van der Waals surface area contributed by atoms with Gasteiger partial charge in [-0.1, -0.05) is 33.1 Å². The molecule has 96 valence electrons. The Balaban J connectivity index is 2.69. The maximum Gasteiger partial charge on any atom is 0.342 e. The van der Waals surface area contributed by atoms with Crippen molar-refractivity contribution in [3.8, 4) is 5.75 Å². The first-order valence-electron chi connectivity index (χ1n) is 6.53. The van der Waals surface area contributed by atoms with Crippen LogP contribution in [0.3, 0.4) is 0 Å². The number of hydrogen-bond donors (Lipinski definition) is 1. The van der Waals surface area contributed by atoms with E-state index in [-0.39, 0.29) is 11.4 Å². The molecular weight excluding hydrogens is 216 g/mol. The summed E-state index contributed by atoms with van der Waals surface area (Å²) in [6.45, 7) is 4.15. The van der Waals surface area contributed by atoms with E-state index in [1.165, 1.54) is 6.42 Å². The SMILES string of the molecule is CCCCCCc1c(O)cc(CCC)oc1=O. The minimum atomic E-state index is -0.370. The molecule has 0 aliphatic heterocycles. The van der Waals surface area contributed by atoms with E-state index in [1.54, 1.807) is 6.07 Å². The number of hydrogen-bond acceptors (Lipinski definition) is 3. The Bertz CT molecular complexity index is 393. The molecule has 1 rings (SSSR count). The van der Waals surface area contributed by atoms with E-state index < -0.39 is 0 Å². The highest BCUT2D eigenvalue weighted by Crippen LogP contribution is 2.18. The fourth-order valence-corrected chi connectivity index (χ4v) is 1.88. The lowest BCUT2D eigenvalue weighted by molar-refractivity contribution is 0.409. The molecule has 17 heavy (non-hydrogen) atoms. The maximum absolute atomic E-state index is 11.7. The fraction of sp³-hybridized carbons (Fsp3) is 0.643. The minimum Gasteiger partial charge on any atom is -0.507 e. The van der Waals surface area contributed by atoms with Crippen LogP contribution >= 0.6 is 0 Å². The summed E-state index contributed by atoms with van der Waals surface area (Å²) >= 11 is 0. The molecule has 1 heterocycles. The molecule has 0 bridgehead atoms. The van der Waals surface area contributed by atoms with Crippen LogP contribution in [0.25, 0.3) is 0 Å². The summed E-state index contributed by atoms with van der Waals surface area (Å²) in [5.74, 6) is 0.675. The van der Waals surface area contributed by atoms with Crippen molar-refractivity contribution < 1.29 is 9.52 Å². The molecule has 1 N–H and O–H groups in total. The third-order valence-corrected chi connectivity index (χ3v) is 2.85. The molecule has 1 aromatic heterocycles. The minimum absolute atomic E-state index is 0.0983. The second-order valence-electron chi connectivity index (χ2n) is 4.42. The summed E-state index contributed by atoms with van der Waals surface area (Å²) in [7, 11) is 0. The molecule has 0 saturated carbocycles. The van der Waals surface area contributed by atoms with Crippen molar-refractivity contribution in [2.45, 2.75) is 58.8 Å². The number of aryl methyl sites for hydroxylation is 1. The third kappa shape index (κ3) is 4.25.